The summed E-state index contributed by atoms with van der Waals surface area (Å²) >= 11 is 0. The maximum atomic E-state index is 13.5. The number of imidazole rings is 1. The van der Waals surface area contributed by atoms with Gasteiger partial charge in [-0.2, -0.15) is 4.98 Å². The van der Waals surface area contributed by atoms with Crippen molar-refractivity contribution in [3.63, 3.8) is 0 Å². The van der Waals surface area contributed by atoms with Gasteiger partial charge in [0, 0.05) is 18.8 Å². The summed E-state index contributed by atoms with van der Waals surface area (Å²) in [5.41, 5.74) is 5.28. The smallest absolute Gasteiger partial charge is 0.343 e. The van der Waals surface area contributed by atoms with E-state index in [1.807, 2.05) is 77.5 Å². The lowest BCUT2D eigenvalue weighted by molar-refractivity contribution is -0.172. The first kappa shape index (κ1) is 30.0. The number of nitrogens with one attached hydrogen (secondary N) is 1. The second-order valence-electron chi connectivity index (χ2n) is 11.2. The van der Waals surface area contributed by atoms with Crippen molar-refractivity contribution in [2.75, 3.05) is 20.2 Å². The van der Waals surface area contributed by atoms with E-state index < -0.39 is 12.3 Å². The summed E-state index contributed by atoms with van der Waals surface area (Å²) in [6.07, 6.45) is 3.70. The van der Waals surface area contributed by atoms with Gasteiger partial charge in [-0.15, -0.1) is 5.10 Å². The Kier molecular flexibility index (Phi) is 8.60. The van der Waals surface area contributed by atoms with Gasteiger partial charge in [0.05, 0.1) is 35.4 Å². The molecule has 13 nitrogen and oxygen atoms in total. The van der Waals surface area contributed by atoms with Crippen LogP contribution in [0.5, 0.6) is 6.01 Å². The topological polar surface area (TPSA) is 142 Å². The maximum Gasteiger partial charge on any atom is 0.343 e. The first-order valence-corrected chi connectivity index (χ1v) is 15.1. The highest BCUT2D eigenvalue weighted by molar-refractivity contribution is 6.02. The number of aromatic amines is 1. The summed E-state index contributed by atoms with van der Waals surface area (Å²) in [6, 6.07) is 15.4. The summed E-state index contributed by atoms with van der Waals surface area (Å²) in [7, 11) is 1.90. The molecular weight excluding hydrogens is 576 g/mol. The van der Waals surface area contributed by atoms with Crippen LogP contribution in [0.2, 0.25) is 0 Å². The van der Waals surface area contributed by atoms with E-state index in [1.165, 1.54) is 0 Å². The number of para-hydroxylation sites is 1. The molecule has 1 N–H and O–H groups in total. The molecule has 4 heterocycles. The van der Waals surface area contributed by atoms with Crippen LogP contribution >= 0.6 is 0 Å². The number of carbonyl (C=O) groups is 2. The second kappa shape index (κ2) is 12.9. The molecule has 1 aliphatic rings. The SMILES string of the molecule is CCOc1nc2cccc(C(=O)OC(C)OC(=O)C3CCCCN3C)c2n1Cc1ccc(-n2cc(C)cc2-c2nnn[nH]2)cc1. The fraction of sp³-hybridized carbons (Fsp3) is 0.375. The van der Waals surface area contributed by atoms with Gasteiger partial charge in [-0.25, -0.2) is 9.89 Å². The molecule has 234 valence electrons. The number of aryl methyl sites for hydroxylation is 1. The number of hydrogen-bond acceptors (Lipinski definition) is 10. The molecule has 2 atom stereocenters. The van der Waals surface area contributed by atoms with E-state index in [-0.39, 0.29) is 12.0 Å². The second-order valence-corrected chi connectivity index (χ2v) is 11.2. The fourth-order valence-corrected chi connectivity index (χ4v) is 5.77. The number of fused-ring (bicyclic) bond motifs is 1. The van der Waals surface area contributed by atoms with Crippen molar-refractivity contribution < 1.29 is 23.8 Å². The van der Waals surface area contributed by atoms with Crippen molar-refractivity contribution in [3.05, 3.63) is 71.4 Å². The molecule has 0 amide bonds. The number of H-pyrrole nitrogens is 1. The summed E-state index contributed by atoms with van der Waals surface area (Å²) in [5, 5.41) is 14.3. The molecule has 13 heteroatoms. The molecule has 0 saturated carbocycles. The highest BCUT2D eigenvalue weighted by Crippen LogP contribution is 2.28. The van der Waals surface area contributed by atoms with E-state index in [1.54, 1.807) is 19.1 Å². The quantitative estimate of drug-likeness (QED) is 0.179. The number of carbonyl (C=O) groups excluding carboxylic acids is 2. The van der Waals surface area contributed by atoms with Crippen molar-refractivity contribution in [1.29, 1.82) is 0 Å². The van der Waals surface area contributed by atoms with Crippen molar-refractivity contribution in [3.8, 4) is 23.2 Å². The molecule has 6 rings (SSSR count). The van der Waals surface area contributed by atoms with Crippen LogP contribution in [0.15, 0.2) is 54.7 Å². The Morgan fingerprint density at radius 1 is 1.11 bits per heavy atom. The number of likely N-dealkylation sites (N-methyl/N-ethyl adjacent to an activating group) is 1. The third kappa shape index (κ3) is 6.29. The van der Waals surface area contributed by atoms with Crippen LogP contribution in [0.4, 0.5) is 0 Å². The summed E-state index contributed by atoms with van der Waals surface area (Å²) in [6.45, 7) is 7.07. The molecular formula is C32H36N8O5. The Morgan fingerprint density at radius 2 is 1.93 bits per heavy atom. The van der Waals surface area contributed by atoms with Gasteiger partial charge in [0.25, 0.3) is 6.01 Å². The maximum absolute atomic E-state index is 13.5. The average Bonchev–Trinajstić information content (AvgIpc) is 3.77. The number of hydrogen-bond donors (Lipinski definition) is 1. The molecule has 1 saturated heterocycles. The molecule has 0 radical (unpaired) electrons. The zero-order chi connectivity index (χ0) is 31.5. The fourth-order valence-electron chi connectivity index (χ4n) is 5.77. The number of likely N-dealkylation sites (tertiary alicyclic amines) is 1. The monoisotopic (exact) mass is 612 g/mol. The summed E-state index contributed by atoms with van der Waals surface area (Å²) in [5.74, 6) is -0.430. The Labute approximate surface area is 260 Å². The van der Waals surface area contributed by atoms with Gasteiger partial charge >= 0.3 is 11.9 Å². The minimum atomic E-state index is -1.05. The van der Waals surface area contributed by atoms with Crippen LogP contribution in [0, 0.1) is 6.92 Å². The van der Waals surface area contributed by atoms with Crippen LogP contribution in [0.1, 0.15) is 54.6 Å². The summed E-state index contributed by atoms with van der Waals surface area (Å²) in [4.78, 5) is 32.9. The van der Waals surface area contributed by atoms with Crippen molar-refractivity contribution in [1.82, 2.24) is 39.6 Å². The average molecular weight is 613 g/mol. The zero-order valence-electron chi connectivity index (χ0n) is 25.8. The van der Waals surface area contributed by atoms with Gasteiger partial charge in [0.1, 0.15) is 6.04 Å². The van der Waals surface area contributed by atoms with E-state index in [9.17, 15) is 9.59 Å². The lowest BCUT2D eigenvalue weighted by Crippen LogP contribution is -2.44. The van der Waals surface area contributed by atoms with Crippen LogP contribution in [0.3, 0.4) is 0 Å². The van der Waals surface area contributed by atoms with E-state index in [0.717, 1.165) is 48.3 Å². The van der Waals surface area contributed by atoms with Gasteiger partial charge < -0.3 is 18.8 Å². The minimum absolute atomic E-state index is 0.299. The van der Waals surface area contributed by atoms with E-state index in [0.29, 0.717) is 41.6 Å². The predicted molar refractivity (Wildman–Crippen MR) is 165 cm³/mol. The van der Waals surface area contributed by atoms with Gasteiger partial charge in [-0.3, -0.25) is 14.3 Å². The Hall–Kier alpha value is -5.04. The largest absolute Gasteiger partial charge is 0.465 e. The number of rotatable bonds is 10. The first-order chi connectivity index (χ1) is 21.8. The summed E-state index contributed by atoms with van der Waals surface area (Å²) < 4.78 is 20.9. The molecule has 0 bridgehead atoms. The molecule has 2 unspecified atom stereocenters. The lowest BCUT2D eigenvalue weighted by atomic mass is 10.0. The van der Waals surface area contributed by atoms with Crippen LogP contribution < -0.4 is 4.74 Å². The third-order valence-corrected chi connectivity index (χ3v) is 7.92. The molecule has 3 aromatic heterocycles. The van der Waals surface area contributed by atoms with Crippen molar-refractivity contribution >= 4 is 23.0 Å². The molecule has 1 aliphatic heterocycles. The van der Waals surface area contributed by atoms with Gasteiger partial charge in [0.2, 0.25) is 6.29 Å². The minimum Gasteiger partial charge on any atom is -0.465 e. The van der Waals surface area contributed by atoms with Crippen LogP contribution in [0.25, 0.3) is 28.2 Å². The van der Waals surface area contributed by atoms with Crippen LogP contribution in [-0.2, 0) is 20.8 Å². The van der Waals surface area contributed by atoms with E-state index >= 15 is 0 Å². The number of aromatic nitrogens is 7. The first-order valence-electron chi connectivity index (χ1n) is 15.1. The van der Waals surface area contributed by atoms with Gasteiger partial charge in [-0.05, 0) is 92.2 Å². The van der Waals surface area contributed by atoms with Gasteiger partial charge in [-0.1, -0.05) is 24.6 Å². The molecule has 0 aliphatic carbocycles. The Bertz CT molecular complexity index is 1790. The van der Waals surface area contributed by atoms with Crippen LogP contribution in [-0.4, -0.2) is 84.1 Å². The van der Waals surface area contributed by atoms with Crippen molar-refractivity contribution in [2.24, 2.45) is 0 Å². The molecule has 1 fully saturated rings. The van der Waals surface area contributed by atoms with E-state index in [4.69, 9.17) is 14.2 Å². The Balaban J connectivity index is 1.25. The highest BCUT2D eigenvalue weighted by Gasteiger charge is 2.30. The molecule has 5 aromatic rings. The number of piperidine rings is 1. The number of esters is 2. The molecule has 45 heavy (non-hydrogen) atoms. The number of tetrazole rings is 1. The number of benzene rings is 2. The molecule has 0 spiro atoms. The highest BCUT2D eigenvalue weighted by atomic mass is 16.7. The van der Waals surface area contributed by atoms with Crippen molar-refractivity contribution in [2.45, 2.75) is 58.9 Å². The normalized spacial score (nSPS) is 16.0. The zero-order valence-corrected chi connectivity index (χ0v) is 25.8. The standard InChI is InChI=1S/C32H36N8O5/c1-5-43-32-33-25-10-8-9-24(30(41)44-21(3)45-31(42)26-11-6-7-16-38(26)4)28(25)40(32)19-22-12-14-23(15-13-22)39-18-20(2)17-27(39)29-34-36-37-35-29/h8-10,12-15,17-18,21,26H,5-7,11,16,19H2,1-4H3,(H,34,35,36,37). The lowest BCUT2D eigenvalue weighted by Gasteiger charge is -2.31. The number of nitrogens with zero attached hydrogens (tertiary/aromatic N) is 7. The Morgan fingerprint density at radius 3 is 2.67 bits per heavy atom. The molecule has 2 aromatic carbocycles. The number of ether oxygens (including phenoxy) is 3. The third-order valence-electron chi connectivity index (χ3n) is 7.92. The predicted octanol–water partition coefficient (Wildman–Crippen LogP) is 4.29. The van der Waals surface area contributed by atoms with E-state index in [2.05, 4.69) is 25.6 Å². The van der Waals surface area contributed by atoms with Gasteiger partial charge in [0.15, 0.2) is 5.82 Å².